The number of aryl methyl sites for hydroxylation is 1. The average Bonchev–Trinajstić information content (AvgIpc) is 2.27. The van der Waals surface area contributed by atoms with Crippen LogP contribution in [0.1, 0.15) is 37.8 Å². The number of rotatable bonds is 6. The number of benzene rings is 1. The molecule has 1 rings (SSSR count). The van der Waals surface area contributed by atoms with Gasteiger partial charge in [-0.15, -0.1) is 0 Å². The van der Waals surface area contributed by atoms with Crippen LogP contribution in [0.2, 0.25) is 0 Å². The van der Waals surface area contributed by atoms with E-state index in [1.54, 1.807) is 6.07 Å². The van der Waals surface area contributed by atoms with Gasteiger partial charge < -0.3 is 5.32 Å². The fraction of sp³-hybridized carbons (Fsp3) is 0.571. The summed E-state index contributed by atoms with van der Waals surface area (Å²) in [7, 11) is 0. The highest BCUT2D eigenvalue weighted by molar-refractivity contribution is 5.26. The van der Waals surface area contributed by atoms with E-state index in [4.69, 9.17) is 0 Å². The molecule has 0 fully saturated rings. The van der Waals surface area contributed by atoms with Gasteiger partial charge in [0, 0.05) is 6.54 Å². The first-order chi connectivity index (χ1) is 7.67. The maximum atomic E-state index is 12.9. The maximum Gasteiger partial charge on any atom is 0.123 e. The Morgan fingerprint density at radius 2 is 1.94 bits per heavy atom. The smallest absolute Gasteiger partial charge is 0.123 e. The van der Waals surface area contributed by atoms with Gasteiger partial charge in [-0.2, -0.15) is 0 Å². The van der Waals surface area contributed by atoms with E-state index in [1.807, 2.05) is 13.0 Å². The molecule has 1 N–H and O–H groups in total. The van der Waals surface area contributed by atoms with Crippen LogP contribution in [0.4, 0.5) is 4.39 Å². The van der Waals surface area contributed by atoms with Gasteiger partial charge in [-0.1, -0.05) is 32.8 Å². The lowest BCUT2D eigenvalue weighted by Crippen LogP contribution is -2.22. The standard InChI is InChI=1S/C14H22FN/c1-4-12(5-2)9-16-10-13-6-7-14(15)8-11(13)3/h6-8,12,16H,4-5,9-10H2,1-3H3. The molecule has 1 aromatic rings. The molecule has 0 amide bonds. The molecule has 1 aromatic carbocycles. The van der Waals surface area contributed by atoms with Crippen molar-refractivity contribution in [3.63, 3.8) is 0 Å². The highest BCUT2D eigenvalue weighted by Crippen LogP contribution is 2.10. The van der Waals surface area contributed by atoms with Crippen LogP contribution in [0.25, 0.3) is 0 Å². The Morgan fingerprint density at radius 3 is 2.50 bits per heavy atom. The first-order valence-electron chi connectivity index (χ1n) is 6.13. The van der Waals surface area contributed by atoms with E-state index in [-0.39, 0.29) is 5.82 Å². The van der Waals surface area contributed by atoms with Gasteiger partial charge in [0.05, 0.1) is 0 Å². The lowest BCUT2D eigenvalue weighted by molar-refractivity contribution is 0.449. The van der Waals surface area contributed by atoms with Crippen molar-refractivity contribution < 1.29 is 4.39 Å². The van der Waals surface area contributed by atoms with Crippen LogP contribution < -0.4 is 5.32 Å². The van der Waals surface area contributed by atoms with E-state index in [0.29, 0.717) is 0 Å². The minimum atomic E-state index is -0.152. The largest absolute Gasteiger partial charge is 0.312 e. The summed E-state index contributed by atoms with van der Waals surface area (Å²) < 4.78 is 12.9. The summed E-state index contributed by atoms with van der Waals surface area (Å²) >= 11 is 0. The Morgan fingerprint density at radius 1 is 1.25 bits per heavy atom. The fourth-order valence-electron chi connectivity index (χ4n) is 1.85. The normalized spacial score (nSPS) is 11.1. The lowest BCUT2D eigenvalue weighted by Gasteiger charge is -2.14. The second-order valence-electron chi connectivity index (χ2n) is 4.38. The number of hydrogen-bond donors (Lipinski definition) is 1. The SMILES string of the molecule is CCC(CC)CNCc1ccc(F)cc1C. The Kier molecular flexibility index (Phi) is 5.47. The summed E-state index contributed by atoms with van der Waals surface area (Å²) in [5.74, 6) is 0.599. The molecule has 0 atom stereocenters. The van der Waals surface area contributed by atoms with Gasteiger partial charge >= 0.3 is 0 Å². The molecule has 0 heterocycles. The molecular weight excluding hydrogens is 201 g/mol. The highest BCUT2D eigenvalue weighted by Gasteiger charge is 2.04. The van der Waals surface area contributed by atoms with Crippen LogP contribution >= 0.6 is 0 Å². The van der Waals surface area contributed by atoms with Gasteiger partial charge in [0.1, 0.15) is 5.82 Å². The molecule has 0 bridgehead atoms. The molecule has 0 radical (unpaired) electrons. The van der Waals surface area contributed by atoms with Crippen LogP contribution in [-0.4, -0.2) is 6.54 Å². The summed E-state index contributed by atoms with van der Waals surface area (Å²) in [5, 5.41) is 3.44. The van der Waals surface area contributed by atoms with Gasteiger partial charge in [-0.05, 0) is 42.6 Å². The lowest BCUT2D eigenvalue weighted by atomic mass is 10.0. The second kappa shape index (κ2) is 6.64. The molecule has 1 nitrogen and oxygen atoms in total. The van der Waals surface area contributed by atoms with Gasteiger partial charge in [0.15, 0.2) is 0 Å². The van der Waals surface area contributed by atoms with Crippen molar-refractivity contribution in [3.05, 3.63) is 35.1 Å². The summed E-state index contributed by atoms with van der Waals surface area (Å²) in [6.45, 7) is 8.28. The fourth-order valence-corrected chi connectivity index (χ4v) is 1.85. The van der Waals surface area contributed by atoms with Crippen LogP contribution in [0.3, 0.4) is 0 Å². The summed E-state index contributed by atoms with van der Waals surface area (Å²) in [6.07, 6.45) is 2.43. The van der Waals surface area contributed by atoms with E-state index in [9.17, 15) is 4.39 Å². The van der Waals surface area contributed by atoms with Gasteiger partial charge in [-0.25, -0.2) is 4.39 Å². The third-order valence-corrected chi connectivity index (χ3v) is 3.21. The zero-order valence-electron chi connectivity index (χ0n) is 10.5. The van der Waals surface area contributed by atoms with E-state index >= 15 is 0 Å². The Labute approximate surface area is 98.1 Å². The zero-order valence-corrected chi connectivity index (χ0v) is 10.5. The average molecular weight is 223 g/mol. The van der Waals surface area contributed by atoms with Crippen LogP contribution in [0, 0.1) is 18.7 Å². The van der Waals surface area contributed by atoms with Gasteiger partial charge in [0.25, 0.3) is 0 Å². The van der Waals surface area contributed by atoms with Crippen molar-refractivity contribution in [1.29, 1.82) is 0 Å². The van der Waals surface area contributed by atoms with Crippen molar-refractivity contribution in [3.8, 4) is 0 Å². The molecule has 0 saturated carbocycles. The van der Waals surface area contributed by atoms with E-state index in [0.717, 1.165) is 24.6 Å². The molecule has 0 spiro atoms. The third kappa shape index (κ3) is 3.93. The van der Waals surface area contributed by atoms with Crippen molar-refractivity contribution in [2.45, 2.75) is 40.2 Å². The first kappa shape index (κ1) is 13.2. The first-order valence-corrected chi connectivity index (χ1v) is 6.13. The Balaban J connectivity index is 2.42. The predicted octanol–water partition coefficient (Wildman–Crippen LogP) is 3.66. The highest BCUT2D eigenvalue weighted by atomic mass is 19.1. The zero-order chi connectivity index (χ0) is 12.0. The quantitative estimate of drug-likeness (QED) is 0.776. The Hall–Kier alpha value is -0.890. The van der Waals surface area contributed by atoms with E-state index in [1.165, 1.54) is 24.5 Å². The van der Waals surface area contributed by atoms with Gasteiger partial charge in [0.2, 0.25) is 0 Å². The molecule has 0 aliphatic rings. The molecule has 0 aliphatic carbocycles. The van der Waals surface area contributed by atoms with Crippen LogP contribution in [-0.2, 0) is 6.54 Å². The number of nitrogens with one attached hydrogen (secondary N) is 1. The molecule has 0 unspecified atom stereocenters. The third-order valence-electron chi connectivity index (χ3n) is 3.21. The van der Waals surface area contributed by atoms with Crippen molar-refractivity contribution >= 4 is 0 Å². The van der Waals surface area contributed by atoms with Crippen molar-refractivity contribution in [2.24, 2.45) is 5.92 Å². The molecule has 16 heavy (non-hydrogen) atoms. The summed E-state index contributed by atoms with van der Waals surface area (Å²) in [5.41, 5.74) is 2.21. The minimum Gasteiger partial charge on any atom is -0.312 e. The number of halogens is 1. The maximum absolute atomic E-state index is 12.9. The monoisotopic (exact) mass is 223 g/mol. The topological polar surface area (TPSA) is 12.0 Å². The molecule has 0 saturated heterocycles. The van der Waals surface area contributed by atoms with Crippen molar-refractivity contribution in [1.82, 2.24) is 5.32 Å². The van der Waals surface area contributed by atoms with Crippen LogP contribution in [0.5, 0.6) is 0 Å². The Bertz CT molecular complexity index is 319. The van der Waals surface area contributed by atoms with E-state index in [2.05, 4.69) is 19.2 Å². The molecule has 0 aromatic heterocycles. The number of hydrogen-bond acceptors (Lipinski definition) is 1. The van der Waals surface area contributed by atoms with Crippen molar-refractivity contribution in [2.75, 3.05) is 6.54 Å². The minimum absolute atomic E-state index is 0.152. The molecule has 0 aliphatic heterocycles. The van der Waals surface area contributed by atoms with Gasteiger partial charge in [-0.3, -0.25) is 0 Å². The molecule has 2 heteroatoms. The van der Waals surface area contributed by atoms with Crippen LogP contribution in [0.15, 0.2) is 18.2 Å². The molecular formula is C14H22FN. The second-order valence-corrected chi connectivity index (χ2v) is 4.38. The predicted molar refractivity (Wildman–Crippen MR) is 66.9 cm³/mol. The summed E-state index contributed by atoms with van der Waals surface area (Å²) in [6, 6.07) is 4.99. The van der Waals surface area contributed by atoms with E-state index < -0.39 is 0 Å². The molecule has 90 valence electrons. The summed E-state index contributed by atoms with van der Waals surface area (Å²) in [4.78, 5) is 0.